The maximum atomic E-state index is 13.1. The van der Waals surface area contributed by atoms with Gasteiger partial charge in [-0.2, -0.15) is 5.10 Å². The smallest absolute Gasteiger partial charge is 0.123 e. The predicted octanol–water partition coefficient (Wildman–Crippen LogP) is 3.45. The molecule has 4 nitrogen and oxygen atoms in total. The zero-order chi connectivity index (χ0) is 16.7. The fraction of sp³-hybridized carbons (Fsp3) is 0.316. The number of aliphatic hydroxyl groups excluding tert-OH is 1. The highest BCUT2D eigenvalue weighted by atomic mass is 19.1. The van der Waals surface area contributed by atoms with Crippen LogP contribution < -0.4 is 0 Å². The Morgan fingerprint density at radius 1 is 1.25 bits per heavy atom. The Hall–Kier alpha value is -2.40. The lowest BCUT2D eigenvalue weighted by molar-refractivity contribution is 0.156. The molecule has 1 atom stereocenters. The Bertz CT molecular complexity index is 863. The molecule has 0 saturated carbocycles. The van der Waals surface area contributed by atoms with Crippen molar-refractivity contribution in [2.45, 2.75) is 31.9 Å². The Balaban J connectivity index is 1.80. The molecule has 0 spiro atoms. The monoisotopic (exact) mass is 325 g/mol. The van der Waals surface area contributed by atoms with E-state index in [2.05, 4.69) is 15.9 Å². The summed E-state index contributed by atoms with van der Waals surface area (Å²) >= 11 is 0. The van der Waals surface area contributed by atoms with E-state index in [4.69, 9.17) is 0 Å². The Kier molecular flexibility index (Phi) is 3.73. The van der Waals surface area contributed by atoms with Crippen molar-refractivity contribution in [3.05, 3.63) is 65.4 Å². The van der Waals surface area contributed by atoms with Gasteiger partial charge in [0, 0.05) is 42.8 Å². The van der Waals surface area contributed by atoms with Crippen molar-refractivity contribution in [2.24, 2.45) is 7.05 Å². The molecule has 0 saturated heterocycles. The molecule has 5 heteroatoms. The van der Waals surface area contributed by atoms with Gasteiger partial charge in [0.2, 0.25) is 0 Å². The molecule has 1 aromatic carbocycles. The van der Waals surface area contributed by atoms with Crippen LogP contribution >= 0.6 is 0 Å². The lowest BCUT2D eigenvalue weighted by Crippen LogP contribution is -2.13. The van der Waals surface area contributed by atoms with E-state index >= 15 is 0 Å². The average Bonchev–Trinajstić information content (AvgIpc) is 3.14. The van der Waals surface area contributed by atoms with Crippen molar-refractivity contribution in [3.63, 3.8) is 0 Å². The molecule has 2 heterocycles. The van der Waals surface area contributed by atoms with Crippen LogP contribution in [0.3, 0.4) is 0 Å². The minimum atomic E-state index is -0.437. The van der Waals surface area contributed by atoms with Crippen LogP contribution in [-0.2, 0) is 20.0 Å². The number of hydrogen-bond donors (Lipinski definition) is 1. The minimum Gasteiger partial charge on any atom is -0.388 e. The number of aryl methyl sites for hydroxylation is 1. The molecule has 1 N–H and O–H groups in total. The molecule has 2 aromatic heterocycles. The largest absolute Gasteiger partial charge is 0.388 e. The van der Waals surface area contributed by atoms with Crippen molar-refractivity contribution in [2.75, 3.05) is 0 Å². The van der Waals surface area contributed by atoms with Gasteiger partial charge in [-0.05, 0) is 43.0 Å². The average molecular weight is 325 g/mol. The molecular formula is C19H20FN3O. The van der Waals surface area contributed by atoms with Gasteiger partial charge in [-0.3, -0.25) is 4.68 Å². The lowest BCUT2D eigenvalue weighted by Gasteiger charge is -2.21. The van der Waals surface area contributed by atoms with Crippen LogP contribution in [0.1, 0.15) is 35.8 Å². The van der Waals surface area contributed by atoms with Crippen LogP contribution in [0.15, 0.2) is 42.7 Å². The number of rotatable bonds is 3. The first-order chi connectivity index (χ1) is 11.6. The number of benzene rings is 1. The van der Waals surface area contributed by atoms with Gasteiger partial charge in [0.1, 0.15) is 5.82 Å². The van der Waals surface area contributed by atoms with Gasteiger partial charge in [0.25, 0.3) is 0 Å². The lowest BCUT2D eigenvalue weighted by atomic mass is 9.91. The van der Waals surface area contributed by atoms with Crippen molar-refractivity contribution >= 4 is 0 Å². The van der Waals surface area contributed by atoms with E-state index in [0.717, 1.165) is 41.6 Å². The molecule has 3 aromatic rings. The normalized spacial score (nSPS) is 17.0. The fourth-order valence-electron chi connectivity index (χ4n) is 3.64. The zero-order valence-electron chi connectivity index (χ0n) is 13.6. The summed E-state index contributed by atoms with van der Waals surface area (Å²) in [6, 6.07) is 8.57. The summed E-state index contributed by atoms with van der Waals surface area (Å²) in [5, 5.41) is 14.8. The van der Waals surface area contributed by atoms with Crippen molar-refractivity contribution in [3.8, 4) is 11.3 Å². The molecule has 1 aliphatic carbocycles. The summed E-state index contributed by atoms with van der Waals surface area (Å²) in [6.45, 7) is 0.674. The Labute approximate surface area is 140 Å². The highest BCUT2D eigenvalue weighted by molar-refractivity contribution is 5.66. The third kappa shape index (κ3) is 2.55. The van der Waals surface area contributed by atoms with E-state index in [0.29, 0.717) is 6.54 Å². The molecule has 0 aliphatic heterocycles. The van der Waals surface area contributed by atoms with Crippen LogP contribution in [0.25, 0.3) is 11.3 Å². The van der Waals surface area contributed by atoms with Crippen LogP contribution in [-0.4, -0.2) is 19.5 Å². The zero-order valence-corrected chi connectivity index (χ0v) is 13.6. The summed E-state index contributed by atoms with van der Waals surface area (Å²) in [5.41, 5.74) is 5.29. The van der Waals surface area contributed by atoms with Gasteiger partial charge in [0.15, 0.2) is 0 Å². The van der Waals surface area contributed by atoms with E-state index < -0.39 is 6.10 Å². The first kappa shape index (κ1) is 15.1. The second-order valence-corrected chi connectivity index (χ2v) is 6.41. The number of aromatic nitrogens is 3. The van der Waals surface area contributed by atoms with Crippen LogP contribution in [0.5, 0.6) is 0 Å². The predicted molar refractivity (Wildman–Crippen MR) is 90.0 cm³/mol. The maximum absolute atomic E-state index is 13.1. The van der Waals surface area contributed by atoms with Gasteiger partial charge in [-0.1, -0.05) is 12.1 Å². The second-order valence-electron chi connectivity index (χ2n) is 6.41. The topological polar surface area (TPSA) is 43.0 Å². The van der Waals surface area contributed by atoms with Gasteiger partial charge >= 0.3 is 0 Å². The number of fused-ring (bicyclic) bond motifs is 1. The molecule has 124 valence electrons. The van der Waals surface area contributed by atoms with Crippen molar-refractivity contribution < 1.29 is 9.50 Å². The summed E-state index contributed by atoms with van der Waals surface area (Å²) < 4.78 is 17.2. The number of nitrogens with zero attached hydrogens (tertiary/aromatic N) is 3. The van der Waals surface area contributed by atoms with Crippen molar-refractivity contribution in [1.82, 2.24) is 14.3 Å². The Morgan fingerprint density at radius 2 is 2.04 bits per heavy atom. The maximum Gasteiger partial charge on any atom is 0.123 e. The molecule has 0 fully saturated rings. The van der Waals surface area contributed by atoms with Crippen LogP contribution in [0.4, 0.5) is 4.39 Å². The Morgan fingerprint density at radius 3 is 2.75 bits per heavy atom. The highest BCUT2D eigenvalue weighted by Crippen LogP contribution is 2.39. The third-order valence-electron chi connectivity index (χ3n) is 4.82. The third-order valence-corrected chi connectivity index (χ3v) is 4.82. The summed E-state index contributed by atoms with van der Waals surface area (Å²) in [4.78, 5) is 0. The quantitative estimate of drug-likeness (QED) is 0.801. The van der Waals surface area contributed by atoms with E-state index in [-0.39, 0.29) is 5.82 Å². The van der Waals surface area contributed by atoms with Gasteiger partial charge in [0.05, 0.1) is 11.8 Å². The summed E-state index contributed by atoms with van der Waals surface area (Å²) in [6.07, 6.45) is 6.15. The molecule has 0 amide bonds. The van der Waals surface area contributed by atoms with Crippen LogP contribution in [0, 0.1) is 5.82 Å². The summed E-state index contributed by atoms with van der Waals surface area (Å²) in [7, 11) is 1.91. The van der Waals surface area contributed by atoms with E-state index in [9.17, 15) is 9.50 Å². The second kappa shape index (κ2) is 5.91. The summed E-state index contributed by atoms with van der Waals surface area (Å²) in [5.74, 6) is -0.223. The van der Waals surface area contributed by atoms with Gasteiger partial charge in [-0.15, -0.1) is 0 Å². The number of hydrogen-bond acceptors (Lipinski definition) is 2. The first-order valence-corrected chi connectivity index (χ1v) is 8.26. The molecule has 1 aliphatic rings. The first-order valence-electron chi connectivity index (χ1n) is 8.26. The molecule has 1 unspecified atom stereocenters. The molecule has 0 radical (unpaired) electrons. The molecule has 24 heavy (non-hydrogen) atoms. The van der Waals surface area contributed by atoms with E-state index in [1.54, 1.807) is 6.20 Å². The molecule has 4 rings (SSSR count). The van der Waals surface area contributed by atoms with E-state index in [1.807, 2.05) is 29.9 Å². The minimum absolute atomic E-state index is 0.223. The van der Waals surface area contributed by atoms with Gasteiger partial charge < -0.3 is 9.67 Å². The number of aliphatic hydroxyl groups is 1. The van der Waals surface area contributed by atoms with Crippen LogP contribution in [0.2, 0.25) is 0 Å². The standard InChI is InChI=1S/C19H20FN3O/c1-22-16(9-10-21-22)15-12-23(11-13-5-7-14(20)8-6-13)17-3-2-4-18(24)19(15)17/h5-10,12,18,24H,2-4,11H2,1H3. The SMILES string of the molecule is Cn1nccc1-c1cn(Cc2ccc(F)cc2)c2c1C(O)CCC2. The molecular weight excluding hydrogens is 305 g/mol. The molecule has 0 bridgehead atoms. The fourth-order valence-corrected chi connectivity index (χ4v) is 3.64. The van der Waals surface area contributed by atoms with E-state index in [1.165, 1.54) is 17.8 Å². The number of halogens is 1. The van der Waals surface area contributed by atoms with Crippen molar-refractivity contribution in [1.29, 1.82) is 0 Å². The highest BCUT2D eigenvalue weighted by Gasteiger charge is 2.27. The van der Waals surface area contributed by atoms with Gasteiger partial charge in [-0.25, -0.2) is 4.39 Å².